The van der Waals surface area contributed by atoms with Gasteiger partial charge in [0, 0.05) is 29.5 Å². The van der Waals surface area contributed by atoms with Crippen molar-refractivity contribution in [1.29, 1.82) is 0 Å². The van der Waals surface area contributed by atoms with Gasteiger partial charge in [0.1, 0.15) is 11.1 Å². The number of para-hydroxylation sites is 1. The van der Waals surface area contributed by atoms with Crippen molar-refractivity contribution < 1.29 is 13.9 Å². The highest BCUT2D eigenvalue weighted by Crippen LogP contribution is 2.22. The predicted molar refractivity (Wildman–Crippen MR) is 101 cm³/mol. The maximum absolute atomic E-state index is 13.3. The number of benzene rings is 1. The molecular weight excluding hydrogens is 350 g/mol. The van der Waals surface area contributed by atoms with E-state index in [4.69, 9.17) is 9.15 Å². The molecule has 0 saturated carbocycles. The predicted octanol–water partition coefficient (Wildman–Crippen LogP) is 3.68. The van der Waals surface area contributed by atoms with E-state index in [1.807, 2.05) is 29.6 Å². The molecule has 26 heavy (non-hydrogen) atoms. The SMILES string of the molecule is O=C(c1cc2ccccc2oc1=O)N(Cc1cccs1)C1CCOCC1. The quantitative estimate of drug-likeness (QED) is 0.658. The van der Waals surface area contributed by atoms with Gasteiger partial charge in [0.25, 0.3) is 5.91 Å². The molecule has 6 heteroatoms. The Hall–Kier alpha value is -2.44. The first kappa shape index (κ1) is 17.0. The average molecular weight is 369 g/mol. The Morgan fingerprint density at radius 1 is 1.15 bits per heavy atom. The molecule has 1 aliphatic rings. The van der Waals surface area contributed by atoms with E-state index in [1.54, 1.807) is 34.4 Å². The van der Waals surface area contributed by atoms with Crippen molar-refractivity contribution in [1.82, 2.24) is 4.90 Å². The van der Waals surface area contributed by atoms with Crippen LogP contribution in [0.4, 0.5) is 0 Å². The molecular formula is C20H19NO4S. The summed E-state index contributed by atoms with van der Waals surface area (Å²) >= 11 is 1.61. The summed E-state index contributed by atoms with van der Waals surface area (Å²) in [5, 5.41) is 2.74. The molecule has 0 bridgehead atoms. The number of hydrogen-bond donors (Lipinski definition) is 0. The molecule has 4 rings (SSSR count). The van der Waals surface area contributed by atoms with E-state index in [9.17, 15) is 9.59 Å². The van der Waals surface area contributed by atoms with Crippen molar-refractivity contribution in [2.75, 3.05) is 13.2 Å². The van der Waals surface area contributed by atoms with Gasteiger partial charge < -0.3 is 14.1 Å². The third-order valence-corrected chi connectivity index (χ3v) is 5.53. The summed E-state index contributed by atoms with van der Waals surface area (Å²) in [6.07, 6.45) is 1.55. The highest BCUT2D eigenvalue weighted by atomic mass is 32.1. The minimum Gasteiger partial charge on any atom is -0.422 e. The Morgan fingerprint density at radius 2 is 1.96 bits per heavy atom. The number of fused-ring (bicyclic) bond motifs is 1. The summed E-state index contributed by atoms with van der Waals surface area (Å²) in [6, 6.07) is 12.9. The van der Waals surface area contributed by atoms with Gasteiger partial charge in [-0.1, -0.05) is 24.3 Å². The number of rotatable bonds is 4. The molecule has 1 saturated heterocycles. The number of carbonyl (C=O) groups excluding carboxylic acids is 1. The van der Waals surface area contributed by atoms with Crippen LogP contribution in [0.5, 0.6) is 0 Å². The summed E-state index contributed by atoms with van der Waals surface area (Å²) in [5.41, 5.74) is -0.00592. The van der Waals surface area contributed by atoms with Crippen molar-refractivity contribution in [3.63, 3.8) is 0 Å². The lowest BCUT2D eigenvalue weighted by Gasteiger charge is -2.34. The van der Waals surface area contributed by atoms with Crippen LogP contribution in [0, 0.1) is 0 Å². The summed E-state index contributed by atoms with van der Waals surface area (Å²) in [7, 11) is 0. The van der Waals surface area contributed by atoms with Gasteiger partial charge in [0.15, 0.2) is 0 Å². The van der Waals surface area contributed by atoms with Gasteiger partial charge in [-0.3, -0.25) is 4.79 Å². The van der Waals surface area contributed by atoms with Gasteiger partial charge in [-0.15, -0.1) is 11.3 Å². The van der Waals surface area contributed by atoms with Gasteiger partial charge in [0.05, 0.1) is 6.54 Å². The van der Waals surface area contributed by atoms with E-state index in [2.05, 4.69) is 0 Å². The molecule has 1 amide bonds. The number of amides is 1. The van der Waals surface area contributed by atoms with E-state index >= 15 is 0 Å². The number of carbonyl (C=O) groups is 1. The van der Waals surface area contributed by atoms with Crippen LogP contribution < -0.4 is 5.63 Å². The minimum atomic E-state index is -0.586. The highest BCUT2D eigenvalue weighted by Gasteiger charge is 2.29. The number of thiophene rings is 1. The average Bonchev–Trinajstić information content (AvgIpc) is 3.19. The second kappa shape index (κ2) is 7.43. The van der Waals surface area contributed by atoms with Crippen molar-refractivity contribution in [3.05, 3.63) is 68.7 Å². The first-order valence-corrected chi connectivity index (χ1v) is 9.54. The maximum Gasteiger partial charge on any atom is 0.349 e. The Bertz CT molecular complexity index is 957. The summed E-state index contributed by atoms with van der Waals surface area (Å²) in [6.45, 7) is 1.75. The summed E-state index contributed by atoms with van der Waals surface area (Å²) in [5.74, 6) is -0.273. The van der Waals surface area contributed by atoms with Crippen molar-refractivity contribution in [3.8, 4) is 0 Å². The molecule has 134 valence electrons. The van der Waals surface area contributed by atoms with Crippen LogP contribution >= 0.6 is 11.3 Å². The molecule has 0 unspecified atom stereocenters. The molecule has 5 nitrogen and oxygen atoms in total. The smallest absolute Gasteiger partial charge is 0.349 e. The zero-order valence-corrected chi connectivity index (χ0v) is 15.0. The van der Waals surface area contributed by atoms with Gasteiger partial charge >= 0.3 is 5.63 Å². The third kappa shape index (κ3) is 3.43. The molecule has 1 aliphatic heterocycles. The monoisotopic (exact) mass is 369 g/mol. The topological polar surface area (TPSA) is 59.8 Å². The van der Waals surface area contributed by atoms with Gasteiger partial charge in [-0.2, -0.15) is 0 Å². The molecule has 0 atom stereocenters. The highest BCUT2D eigenvalue weighted by molar-refractivity contribution is 7.09. The fraction of sp³-hybridized carbons (Fsp3) is 0.300. The van der Waals surface area contributed by atoms with Crippen LogP contribution in [0.1, 0.15) is 28.1 Å². The van der Waals surface area contributed by atoms with Gasteiger partial charge in [-0.05, 0) is 36.4 Å². The van der Waals surface area contributed by atoms with Crippen LogP contribution in [0.25, 0.3) is 11.0 Å². The standard InChI is InChI=1S/C20H19NO4S/c22-19(17-12-14-4-1-2-6-18(14)25-20(17)23)21(13-16-5-3-11-26-16)15-7-9-24-10-8-15/h1-6,11-12,15H,7-10,13H2. The van der Waals surface area contributed by atoms with E-state index in [0.29, 0.717) is 25.3 Å². The lowest BCUT2D eigenvalue weighted by atomic mass is 10.0. The molecule has 1 fully saturated rings. The Kier molecular flexibility index (Phi) is 4.86. The van der Waals surface area contributed by atoms with Crippen molar-refractivity contribution in [2.45, 2.75) is 25.4 Å². The molecule has 3 heterocycles. The Labute approximate surface area is 154 Å². The largest absolute Gasteiger partial charge is 0.422 e. The van der Waals surface area contributed by atoms with Gasteiger partial charge in [-0.25, -0.2) is 4.79 Å². The maximum atomic E-state index is 13.3. The van der Waals surface area contributed by atoms with Crippen molar-refractivity contribution in [2.24, 2.45) is 0 Å². The first-order valence-electron chi connectivity index (χ1n) is 8.66. The number of hydrogen-bond acceptors (Lipinski definition) is 5. The molecule has 0 N–H and O–H groups in total. The van der Waals surface area contributed by atoms with Crippen LogP contribution in [-0.4, -0.2) is 30.1 Å². The minimum absolute atomic E-state index is 0.0595. The molecule has 0 spiro atoms. The number of ether oxygens (including phenoxy) is 1. The second-order valence-electron chi connectivity index (χ2n) is 6.34. The van der Waals surface area contributed by atoms with Gasteiger partial charge in [0.2, 0.25) is 0 Å². The molecule has 1 aromatic carbocycles. The van der Waals surface area contributed by atoms with E-state index in [1.165, 1.54) is 0 Å². The van der Waals surface area contributed by atoms with Crippen LogP contribution in [-0.2, 0) is 11.3 Å². The van der Waals surface area contributed by atoms with Crippen LogP contribution in [0.2, 0.25) is 0 Å². The zero-order valence-electron chi connectivity index (χ0n) is 14.2. The lowest BCUT2D eigenvalue weighted by molar-refractivity contribution is 0.0268. The van der Waals surface area contributed by atoms with Crippen molar-refractivity contribution >= 4 is 28.2 Å². The fourth-order valence-electron chi connectivity index (χ4n) is 3.30. The molecule has 0 aliphatic carbocycles. The molecule has 0 radical (unpaired) electrons. The second-order valence-corrected chi connectivity index (χ2v) is 7.37. The Morgan fingerprint density at radius 3 is 2.73 bits per heavy atom. The van der Waals surface area contributed by atoms with Crippen LogP contribution in [0.15, 0.2) is 57.1 Å². The molecule has 3 aromatic rings. The molecule has 2 aromatic heterocycles. The summed E-state index contributed by atoms with van der Waals surface area (Å²) < 4.78 is 10.8. The van der Waals surface area contributed by atoms with E-state index in [-0.39, 0.29) is 17.5 Å². The first-order chi connectivity index (χ1) is 12.7. The summed E-state index contributed by atoms with van der Waals surface area (Å²) in [4.78, 5) is 28.6. The Balaban J connectivity index is 1.71. The van der Waals surface area contributed by atoms with E-state index in [0.717, 1.165) is 23.1 Å². The zero-order chi connectivity index (χ0) is 17.9. The van der Waals surface area contributed by atoms with E-state index < -0.39 is 5.63 Å². The normalized spacial score (nSPS) is 15.2. The lowest BCUT2D eigenvalue weighted by Crippen LogP contribution is -2.44. The van der Waals surface area contributed by atoms with Crippen LogP contribution in [0.3, 0.4) is 0 Å². The number of nitrogens with zero attached hydrogens (tertiary/aromatic N) is 1. The third-order valence-electron chi connectivity index (χ3n) is 4.67. The fourth-order valence-corrected chi connectivity index (χ4v) is 4.00.